The Labute approximate surface area is 136 Å². The van der Waals surface area contributed by atoms with E-state index < -0.39 is 12.1 Å². The fraction of sp³-hybridized carbons (Fsp3) is 0.118. The number of ether oxygens (including phenoxy) is 1. The van der Waals surface area contributed by atoms with Gasteiger partial charge in [0.2, 0.25) is 0 Å². The summed E-state index contributed by atoms with van der Waals surface area (Å²) in [7, 11) is 0. The van der Waals surface area contributed by atoms with Gasteiger partial charge in [-0.1, -0.05) is 11.6 Å². The van der Waals surface area contributed by atoms with Crippen LogP contribution in [-0.2, 0) is 0 Å². The summed E-state index contributed by atoms with van der Waals surface area (Å²) < 4.78 is 11.0. The van der Waals surface area contributed by atoms with Gasteiger partial charge >= 0.3 is 5.97 Å². The molecule has 1 unspecified atom stereocenters. The molecule has 3 rings (SSSR count). The molecule has 0 aliphatic rings. The zero-order valence-electron chi connectivity index (χ0n) is 11.9. The van der Waals surface area contributed by atoms with Crippen LogP contribution >= 0.6 is 11.6 Å². The molecule has 0 aliphatic carbocycles. The van der Waals surface area contributed by atoms with Gasteiger partial charge in [-0.3, -0.25) is 0 Å². The highest BCUT2D eigenvalue weighted by molar-refractivity contribution is 6.31. The predicted octanol–water partition coefficient (Wildman–Crippen LogP) is 3.90. The molecular formula is C17H13ClO5. The number of hydrogen-bond donors (Lipinski definition) is 2. The van der Waals surface area contributed by atoms with E-state index in [4.69, 9.17) is 25.9 Å². The van der Waals surface area contributed by atoms with Crippen LogP contribution in [0.2, 0.25) is 5.02 Å². The van der Waals surface area contributed by atoms with Gasteiger partial charge in [0.15, 0.2) is 0 Å². The standard InChI is InChI=1S/C17H13ClO5/c18-12-3-6-15-11(7-12)8-16(23-15)14(19)9-22-13-4-1-10(2-5-13)17(20)21/h1-8,14,19H,9H2,(H,20,21). The lowest BCUT2D eigenvalue weighted by Crippen LogP contribution is -2.09. The molecule has 3 aromatic rings. The van der Waals surface area contributed by atoms with E-state index in [1.54, 1.807) is 24.3 Å². The molecular weight excluding hydrogens is 320 g/mol. The Morgan fingerprint density at radius 1 is 1.17 bits per heavy atom. The molecule has 0 amide bonds. The quantitative estimate of drug-likeness (QED) is 0.740. The van der Waals surface area contributed by atoms with Gasteiger partial charge in [0.05, 0.1) is 5.56 Å². The molecule has 1 atom stereocenters. The molecule has 0 spiro atoms. The Kier molecular flexibility index (Phi) is 4.23. The largest absolute Gasteiger partial charge is 0.490 e. The van der Waals surface area contributed by atoms with Gasteiger partial charge in [-0.25, -0.2) is 4.79 Å². The van der Waals surface area contributed by atoms with E-state index in [-0.39, 0.29) is 12.2 Å². The van der Waals surface area contributed by atoms with E-state index in [9.17, 15) is 9.90 Å². The van der Waals surface area contributed by atoms with E-state index in [1.807, 2.05) is 0 Å². The molecule has 0 fully saturated rings. The normalized spacial score (nSPS) is 12.3. The molecule has 1 aromatic heterocycles. The van der Waals surface area contributed by atoms with E-state index in [2.05, 4.69) is 0 Å². The molecule has 1 heterocycles. The summed E-state index contributed by atoms with van der Waals surface area (Å²) in [5.41, 5.74) is 0.807. The smallest absolute Gasteiger partial charge is 0.335 e. The average Bonchev–Trinajstić information content (AvgIpc) is 2.96. The Morgan fingerprint density at radius 3 is 2.61 bits per heavy atom. The molecule has 2 N–H and O–H groups in total. The van der Waals surface area contributed by atoms with Crippen molar-refractivity contribution in [2.24, 2.45) is 0 Å². The van der Waals surface area contributed by atoms with Gasteiger partial charge in [-0.05, 0) is 48.5 Å². The van der Waals surface area contributed by atoms with Crippen molar-refractivity contribution in [1.82, 2.24) is 0 Å². The first-order valence-corrected chi connectivity index (χ1v) is 7.24. The number of carboxylic acids is 1. The van der Waals surface area contributed by atoms with Crippen molar-refractivity contribution in [3.8, 4) is 5.75 Å². The van der Waals surface area contributed by atoms with Crippen molar-refractivity contribution in [2.75, 3.05) is 6.61 Å². The van der Waals surface area contributed by atoms with E-state index in [0.717, 1.165) is 5.39 Å². The number of aromatic carboxylic acids is 1. The lowest BCUT2D eigenvalue weighted by atomic mass is 10.2. The number of aliphatic hydroxyl groups excluding tert-OH is 1. The minimum absolute atomic E-state index is 0.0139. The maximum atomic E-state index is 10.8. The zero-order valence-corrected chi connectivity index (χ0v) is 12.7. The summed E-state index contributed by atoms with van der Waals surface area (Å²) in [4.78, 5) is 10.8. The minimum atomic E-state index is -1.00. The van der Waals surface area contributed by atoms with E-state index >= 15 is 0 Å². The molecule has 0 radical (unpaired) electrons. The van der Waals surface area contributed by atoms with Gasteiger partial charge in [0.25, 0.3) is 0 Å². The first-order chi connectivity index (χ1) is 11.0. The molecule has 0 aliphatic heterocycles. The van der Waals surface area contributed by atoms with Crippen LogP contribution in [0.4, 0.5) is 0 Å². The number of carboxylic acid groups (broad SMARTS) is 1. The lowest BCUT2D eigenvalue weighted by Gasteiger charge is -2.10. The van der Waals surface area contributed by atoms with Gasteiger partial charge in [0, 0.05) is 10.4 Å². The third kappa shape index (κ3) is 3.47. The molecule has 5 nitrogen and oxygen atoms in total. The molecule has 23 heavy (non-hydrogen) atoms. The number of carbonyl (C=O) groups is 1. The summed E-state index contributed by atoms with van der Waals surface area (Å²) in [6, 6.07) is 12.9. The summed E-state index contributed by atoms with van der Waals surface area (Å²) in [5.74, 6) is -0.157. The molecule has 0 saturated heterocycles. The lowest BCUT2D eigenvalue weighted by molar-refractivity contribution is 0.0696. The summed E-state index contributed by atoms with van der Waals surface area (Å²) in [6.45, 7) is -0.0139. The Hall–Kier alpha value is -2.50. The third-order valence-electron chi connectivity index (χ3n) is 3.33. The van der Waals surface area contributed by atoms with Crippen LogP contribution in [0.3, 0.4) is 0 Å². The number of furan rings is 1. The highest BCUT2D eigenvalue weighted by Crippen LogP contribution is 2.27. The third-order valence-corrected chi connectivity index (χ3v) is 3.57. The van der Waals surface area contributed by atoms with Crippen LogP contribution in [-0.4, -0.2) is 22.8 Å². The van der Waals surface area contributed by atoms with Crippen molar-refractivity contribution >= 4 is 28.5 Å². The Balaban J connectivity index is 1.68. The van der Waals surface area contributed by atoms with E-state index in [0.29, 0.717) is 22.1 Å². The monoisotopic (exact) mass is 332 g/mol. The van der Waals surface area contributed by atoms with Crippen molar-refractivity contribution in [3.05, 3.63) is 64.9 Å². The van der Waals surface area contributed by atoms with Crippen LogP contribution in [0.25, 0.3) is 11.0 Å². The summed E-state index contributed by atoms with van der Waals surface area (Å²) in [5, 5.41) is 20.4. The van der Waals surface area contributed by atoms with Gasteiger partial charge in [-0.2, -0.15) is 0 Å². The van der Waals surface area contributed by atoms with Crippen molar-refractivity contribution in [2.45, 2.75) is 6.10 Å². The summed E-state index contributed by atoms with van der Waals surface area (Å²) in [6.07, 6.45) is -0.944. The number of aliphatic hydroxyl groups is 1. The fourth-order valence-corrected chi connectivity index (χ4v) is 2.33. The highest BCUT2D eigenvalue weighted by Gasteiger charge is 2.14. The van der Waals surface area contributed by atoms with Crippen LogP contribution in [0.5, 0.6) is 5.75 Å². The van der Waals surface area contributed by atoms with Crippen LogP contribution in [0, 0.1) is 0 Å². The maximum absolute atomic E-state index is 10.8. The van der Waals surface area contributed by atoms with Gasteiger partial charge < -0.3 is 19.4 Å². The first-order valence-electron chi connectivity index (χ1n) is 6.86. The first kappa shape index (κ1) is 15.4. The van der Waals surface area contributed by atoms with Crippen LogP contribution in [0.15, 0.2) is 52.9 Å². The van der Waals surface area contributed by atoms with Gasteiger partial charge in [0.1, 0.15) is 29.8 Å². The number of benzene rings is 2. The second-order valence-electron chi connectivity index (χ2n) is 4.99. The molecule has 2 aromatic carbocycles. The van der Waals surface area contributed by atoms with Crippen molar-refractivity contribution in [3.63, 3.8) is 0 Å². The Morgan fingerprint density at radius 2 is 1.91 bits per heavy atom. The summed E-state index contributed by atoms with van der Waals surface area (Å²) >= 11 is 5.91. The maximum Gasteiger partial charge on any atom is 0.335 e. The highest BCUT2D eigenvalue weighted by atomic mass is 35.5. The van der Waals surface area contributed by atoms with Crippen molar-refractivity contribution in [1.29, 1.82) is 0 Å². The SMILES string of the molecule is O=C(O)c1ccc(OCC(O)c2cc3cc(Cl)ccc3o2)cc1. The molecule has 0 saturated carbocycles. The Bertz CT molecular complexity index is 838. The van der Waals surface area contributed by atoms with Crippen LogP contribution < -0.4 is 4.74 Å². The molecule has 0 bridgehead atoms. The van der Waals surface area contributed by atoms with Crippen LogP contribution in [0.1, 0.15) is 22.2 Å². The predicted molar refractivity (Wildman–Crippen MR) is 85.1 cm³/mol. The second-order valence-corrected chi connectivity index (χ2v) is 5.42. The zero-order chi connectivity index (χ0) is 16.4. The number of rotatable bonds is 5. The topological polar surface area (TPSA) is 79.9 Å². The van der Waals surface area contributed by atoms with Crippen molar-refractivity contribution < 1.29 is 24.2 Å². The van der Waals surface area contributed by atoms with Gasteiger partial charge in [-0.15, -0.1) is 0 Å². The number of fused-ring (bicyclic) bond motifs is 1. The minimum Gasteiger partial charge on any atom is -0.490 e. The number of halogens is 1. The fourth-order valence-electron chi connectivity index (χ4n) is 2.15. The van der Waals surface area contributed by atoms with E-state index in [1.165, 1.54) is 24.3 Å². The molecule has 118 valence electrons. The number of hydrogen-bond acceptors (Lipinski definition) is 4. The second kappa shape index (κ2) is 6.32. The average molecular weight is 333 g/mol. The molecule has 6 heteroatoms.